The molecule has 4 unspecified atom stereocenters. The van der Waals surface area contributed by atoms with Crippen LogP contribution >= 0.6 is 23.2 Å². The van der Waals surface area contributed by atoms with Crippen molar-refractivity contribution in [2.45, 2.75) is 64.0 Å². The van der Waals surface area contributed by atoms with Crippen molar-refractivity contribution in [1.29, 1.82) is 0 Å². The monoisotopic (exact) mass is 355 g/mol. The second-order valence-corrected chi connectivity index (χ2v) is 8.19. The molecule has 1 aromatic carbocycles. The van der Waals surface area contributed by atoms with Gasteiger partial charge < -0.3 is 10.1 Å². The number of piperidine rings is 1. The number of benzene rings is 1. The van der Waals surface area contributed by atoms with Crippen molar-refractivity contribution in [3.63, 3.8) is 0 Å². The molecule has 4 atom stereocenters. The number of rotatable bonds is 6. The Morgan fingerprint density at radius 2 is 2.17 bits per heavy atom. The Bertz CT molecular complexity index is 550. The Hall–Kier alpha value is -0.440. The van der Waals surface area contributed by atoms with E-state index in [4.69, 9.17) is 27.9 Å². The standard InChI is InChI=1S/C19H27Cl2NO/c1-3-4-6-13-11-14-9-10-19(2,22-14)15(13)12-23-17-8-5-7-16(20)18(17)21/h5,7-8,13-15,22H,3-4,6,9-12H2,1-2H3. The fourth-order valence-corrected chi connectivity index (χ4v) is 4.83. The molecule has 2 bridgehead atoms. The summed E-state index contributed by atoms with van der Waals surface area (Å²) in [5.41, 5.74) is 0.201. The lowest BCUT2D eigenvalue weighted by Crippen LogP contribution is -2.56. The van der Waals surface area contributed by atoms with Crippen LogP contribution in [0.15, 0.2) is 18.2 Å². The molecule has 23 heavy (non-hydrogen) atoms. The lowest BCUT2D eigenvalue weighted by molar-refractivity contribution is 0.0652. The summed E-state index contributed by atoms with van der Waals surface area (Å²) in [6.07, 6.45) is 7.71. The van der Waals surface area contributed by atoms with E-state index >= 15 is 0 Å². The predicted molar refractivity (Wildman–Crippen MR) is 97.6 cm³/mol. The van der Waals surface area contributed by atoms with Crippen molar-refractivity contribution in [3.8, 4) is 5.75 Å². The molecule has 2 aliphatic heterocycles. The Morgan fingerprint density at radius 3 is 2.96 bits per heavy atom. The van der Waals surface area contributed by atoms with Crippen LogP contribution in [-0.4, -0.2) is 18.2 Å². The first-order chi connectivity index (χ1) is 11.0. The molecule has 1 N–H and O–H groups in total. The molecular formula is C19H27Cl2NO. The zero-order chi connectivity index (χ0) is 16.4. The van der Waals surface area contributed by atoms with Crippen molar-refractivity contribution in [2.24, 2.45) is 11.8 Å². The van der Waals surface area contributed by atoms with Gasteiger partial charge in [0, 0.05) is 17.5 Å². The molecular weight excluding hydrogens is 329 g/mol. The van der Waals surface area contributed by atoms with E-state index in [2.05, 4.69) is 19.2 Å². The van der Waals surface area contributed by atoms with Crippen LogP contribution < -0.4 is 10.1 Å². The summed E-state index contributed by atoms with van der Waals surface area (Å²) >= 11 is 12.4. The molecule has 1 aromatic rings. The number of unbranched alkanes of at least 4 members (excludes halogenated alkanes) is 1. The minimum Gasteiger partial charge on any atom is -0.492 e. The Kier molecular flexibility index (Phi) is 5.45. The minimum absolute atomic E-state index is 0.201. The number of halogens is 2. The number of hydrogen-bond donors (Lipinski definition) is 1. The summed E-state index contributed by atoms with van der Waals surface area (Å²) in [6, 6.07) is 6.30. The summed E-state index contributed by atoms with van der Waals surface area (Å²) in [5.74, 6) is 1.98. The van der Waals surface area contributed by atoms with Crippen molar-refractivity contribution in [3.05, 3.63) is 28.2 Å². The van der Waals surface area contributed by atoms with Crippen LogP contribution in [0.2, 0.25) is 10.0 Å². The highest BCUT2D eigenvalue weighted by atomic mass is 35.5. The lowest BCUT2D eigenvalue weighted by atomic mass is 9.72. The molecule has 0 aliphatic carbocycles. The van der Waals surface area contributed by atoms with Crippen LogP contribution in [0, 0.1) is 11.8 Å². The maximum atomic E-state index is 6.27. The van der Waals surface area contributed by atoms with Gasteiger partial charge in [0.1, 0.15) is 10.8 Å². The average molecular weight is 356 g/mol. The summed E-state index contributed by atoms with van der Waals surface area (Å²) in [5, 5.41) is 4.93. The van der Waals surface area contributed by atoms with Crippen molar-refractivity contribution < 1.29 is 4.74 Å². The van der Waals surface area contributed by atoms with Gasteiger partial charge in [0.15, 0.2) is 0 Å². The van der Waals surface area contributed by atoms with E-state index in [0.29, 0.717) is 34.4 Å². The van der Waals surface area contributed by atoms with Gasteiger partial charge in [-0.1, -0.05) is 49.0 Å². The predicted octanol–water partition coefficient (Wildman–Crippen LogP) is 5.71. The quantitative estimate of drug-likeness (QED) is 0.705. The van der Waals surface area contributed by atoms with Gasteiger partial charge in [-0.3, -0.25) is 0 Å². The molecule has 0 aromatic heterocycles. The number of nitrogens with one attached hydrogen (secondary N) is 1. The smallest absolute Gasteiger partial charge is 0.139 e. The van der Waals surface area contributed by atoms with Crippen LogP contribution in [0.3, 0.4) is 0 Å². The van der Waals surface area contributed by atoms with Crippen LogP contribution in [0.25, 0.3) is 0 Å². The maximum absolute atomic E-state index is 6.27. The van der Waals surface area contributed by atoms with E-state index in [1.165, 1.54) is 38.5 Å². The number of fused-ring (bicyclic) bond motifs is 2. The fraction of sp³-hybridized carbons (Fsp3) is 0.684. The van der Waals surface area contributed by atoms with Crippen molar-refractivity contribution >= 4 is 23.2 Å². The Morgan fingerprint density at radius 1 is 1.35 bits per heavy atom. The molecule has 3 rings (SSSR count). The normalized spacial score (nSPS) is 33.0. The zero-order valence-corrected chi connectivity index (χ0v) is 15.6. The first-order valence-electron chi connectivity index (χ1n) is 8.88. The molecule has 0 amide bonds. The van der Waals surface area contributed by atoms with Gasteiger partial charge in [-0.25, -0.2) is 0 Å². The van der Waals surface area contributed by atoms with Gasteiger partial charge in [0.25, 0.3) is 0 Å². The van der Waals surface area contributed by atoms with E-state index in [9.17, 15) is 0 Å². The number of hydrogen-bond acceptors (Lipinski definition) is 2. The first-order valence-corrected chi connectivity index (χ1v) is 9.63. The van der Waals surface area contributed by atoms with Gasteiger partial charge in [-0.05, 0) is 50.7 Å². The highest BCUT2D eigenvalue weighted by Gasteiger charge is 2.49. The van der Waals surface area contributed by atoms with Crippen LogP contribution in [0.4, 0.5) is 0 Å². The third kappa shape index (κ3) is 3.65. The van der Waals surface area contributed by atoms with Crippen LogP contribution in [-0.2, 0) is 0 Å². The van der Waals surface area contributed by atoms with Gasteiger partial charge in [0.05, 0.1) is 11.6 Å². The van der Waals surface area contributed by atoms with E-state index in [-0.39, 0.29) is 5.54 Å². The molecule has 128 valence electrons. The minimum atomic E-state index is 0.201. The lowest BCUT2D eigenvalue weighted by Gasteiger charge is -2.44. The topological polar surface area (TPSA) is 21.3 Å². The maximum Gasteiger partial charge on any atom is 0.139 e. The molecule has 2 fully saturated rings. The summed E-state index contributed by atoms with van der Waals surface area (Å²) < 4.78 is 6.13. The number of ether oxygens (including phenoxy) is 1. The van der Waals surface area contributed by atoms with Gasteiger partial charge >= 0.3 is 0 Å². The van der Waals surface area contributed by atoms with Gasteiger partial charge in [-0.15, -0.1) is 0 Å². The van der Waals surface area contributed by atoms with Gasteiger partial charge in [0.2, 0.25) is 0 Å². The van der Waals surface area contributed by atoms with Crippen molar-refractivity contribution in [1.82, 2.24) is 5.32 Å². The molecule has 0 saturated carbocycles. The third-order valence-corrected chi connectivity index (χ3v) is 6.59. The summed E-state index contributed by atoms with van der Waals surface area (Å²) in [6.45, 7) is 5.36. The van der Waals surface area contributed by atoms with E-state index in [0.717, 1.165) is 5.92 Å². The molecule has 2 saturated heterocycles. The third-order valence-electron chi connectivity index (χ3n) is 5.78. The SMILES string of the molecule is CCCCC1CC2CCC(C)(N2)C1COc1cccc(Cl)c1Cl. The molecule has 2 nitrogen and oxygen atoms in total. The average Bonchev–Trinajstić information content (AvgIpc) is 2.85. The highest BCUT2D eigenvalue weighted by Crippen LogP contribution is 2.45. The largest absolute Gasteiger partial charge is 0.492 e. The fourth-order valence-electron chi connectivity index (χ4n) is 4.48. The second kappa shape index (κ2) is 7.21. The molecule has 2 aliphatic rings. The van der Waals surface area contributed by atoms with Crippen LogP contribution in [0.5, 0.6) is 5.75 Å². The summed E-state index contributed by atoms with van der Waals surface area (Å²) in [4.78, 5) is 0. The molecule has 0 radical (unpaired) electrons. The highest BCUT2D eigenvalue weighted by molar-refractivity contribution is 6.42. The first kappa shape index (κ1) is 17.4. The molecule has 0 spiro atoms. The molecule has 2 heterocycles. The van der Waals surface area contributed by atoms with Gasteiger partial charge in [-0.2, -0.15) is 0 Å². The Labute approximate surface area is 149 Å². The van der Waals surface area contributed by atoms with Crippen molar-refractivity contribution in [2.75, 3.05) is 6.61 Å². The zero-order valence-electron chi connectivity index (χ0n) is 14.1. The van der Waals surface area contributed by atoms with Crippen LogP contribution in [0.1, 0.15) is 52.4 Å². The Balaban J connectivity index is 1.73. The second-order valence-electron chi connectivity index (χ2n) is 7.40. The summed E-state index contributed by atoms with van der Waals surface area (Å²) in [7, 11) is 0. The van der Waals surface area contributed by atoms with E-state index in [1.807, 2.05) is 12.1 Å². The van der Waals surface area contributed by atoms with E-state index in [1.54, 1.807) is 6.07 Å². The van der Waals surface area contributed by atoms with E-state index < -0.39 is 0 Å². The molecule has 4 heteroatoms.